The van der Waals surface area contributed by atoms with Crippen molar-refractivity contribution in [2.24, 2.45) is 0 Å². The highest BCUT2D eigenvalue weighted by molar-refractivity contribution is 5.97. The van der Waals surface area contributed by atoms with Gasteiger partial charge in [0.05, 0.1) is 0 Å². The number of unbranched alkanes of at least 4 members (excludes halogenated alkanes) is 3. The van der Waals surface area contributed by atoms with E-state index in [2.05, 4.69) is 10.3 Å². The standard InChI is InChI=1S/C18H22N2O4/c1-13-20-16(17(24-13)14-9-5-4-6-10-14)18(23)19-12-8-3-2-7-11-15(21)22/h4-6,9-10H,2-3,7-8,11-12H2,1H3,(H,19,23)(H,21,22). The zero-order valence-corrected chi connectivity index (χ0v) is 13.7. The molecule has 0 atom stereocenters. The molecule has 0 unspecified atom stereocenters. The Bertz CT molecular complexity index is 680. The van der Waals surface area contributed by atoms with Crippen molar-refractivity contribution in [2.45, 2.75) is 39.0 Å². The molecule has 1 heterocycles. The molecule has 2 aromatic rings. The van der Waals surface area contributed by atoms with Crippen LogP contribution in [0.1, 0.15) is 48.5 Å². The Morgan fingerprint density at radius 3 is 2.54 bits per heavy atom. The van der Waals surface area contributed by atoms with Crippen molar-refractivity contribution in [3.63, 3.8) is 0 Å². The molecular formula is C18H22N2O4. The molecule has 0 aliphatic heterocycles. The molecule has 0 aliphatic rings. The van der Waals surface area contributed by atoms with E-state index >= 15 is 0 Å². The molecule has 1 amide bonds. The number of rotatable bonds is 9. The lowest BCUT2D eigenvalue weighted by molar-refractivity contribution is -0.137. The molecule has 0 aliphatic carbocycles. The summed E-state index contributed by atoms with van der Waals surface area (Å²) in [5.41, 5.74) is 1.11. The first kappa shape index (κ1) is 17.7. The van der Waals surface area contributed by atoms with Gasteiger partial charge < -0.3 is 14.8 Å². The SMILES string of the molecule is Cc1nc(C(=O)NCCCCCCC(=O)O)c(-c2ccccc2)o1. The minimum atomic E-state index is -0.766. The van der Waals surface area contributed by atoms with E-state index in [0.717, 1.165) is 24.8 Å². The molecule has 128 valence electrons. The van der Waals surface area contributed by atoms with Crippen molar-refractivity contribution < 1.29 is 19.1 Å². The number of carboxylic acids is 1. The number of aryl methyl sites for hydroxylation is 1. The molecule has 24 heavy (non-hydrogen) atoms. The van der Waals surface area contributed by atoms with Crippen LogP contribution in [0.3, 0.4) is 0 Å². The fourth-order valence-corrected chi connectivity index (χ4v) is 2.41. The second kappa shape index (κ2) is 8.86. The number of benzene rings is 1. The molecule has 0 saturated carbocycles. The minimum Gasteiger partial charge on any atom is -0.481 e. The van der Waals surface area contributed by atoms with Crippen LogP contribution in [-0.2, 0) is 4.79 Å². The van der Waals surface area contributed by atoms with Gasteiger partial charge in [-0.3, -0.25) is 9.59 Å². The van der Waals surface area contributed by atoms with Crippen molar-refractivity contribution in [3.05, 3.63) is 41.9 Å². The monoisotopic (exact) mass is 330 g/mol. The molecule has 2 rings (SSSR count). The van der Waals surface area contributed by atoms with Crippen molar-refractivity contribution in [1.82, 2.24) is 10.3 Å². The first-order valence-corrected chi connectivity index (χ1v) is 8.11. The molecule has 0 spiro atoms. The molecule has 1 aromatic carbocycles. The number of nitrogens with zero attached hydrogens (tertiary/aromatic N) is 1. The predicted octanol–water partition coefficient (Wildman–Crippen LogP) is 3.41. The van der Waals surface area contributed by atoms with Crippen LogP contribution in [0, 0.1) is 6.92 Å². The summed E-state index contributed by atoms with van der Waals surface area (Å²) in [7, 11) is 0. The third kappa shape index (κ3) is 5.22. The summed E-state index contributed by atoms with van der Waals surface area (Å²) in [6.07, 6.45) is 3.41. The lowest BCUT2D eigenvalue weighted by Crippen LogP contribution is -2.25. The fourth-order valence-electron chi connectivity index (χ4n) is 2.41. The summed E-state index contributed by atoms with van der Waals surface area (Å²) in [6, 6.07) is 9.41. The number of hydrogen-bond acceptors (Lipinski definition) is 4. The van der Waals surface area contributed by atoms with Crippen LogP contribution in [-0.4, -0.2) is 28.5 Å². The fraction of sp³-hybridized carbons (Fsp3) is 0.389. The first-order valence-electron chi connectivity index (χ1n) is 8.11. The number of aromatic nitrogens is 1. The summed E-state index contributed by atoms with van der Waals surface area (Å²) in [6.45, 7) is 2.25. The lowest BCUT2D eigenvalue weighted by Gasteiger charge is -2.04. The van der Waals surface area contributed by atoms with E-state index in [4.69, 9.17) is 9.52 Å². The highest BCUT2D eigenvalue weighted by Gasteiger charge is 2.19. The van der Waals surface area contributed by atoms with Gasteiger partial charge in [0, 0.05) is 25.5 Å². The third-order valence-corrected chi connectivity index (χ3v) is 3.59. The summed E-state index contributed by atoms with van der Waals surface area (Å²) >= 11 is 0. The van der Waals surface area contributed by atoms with Crippen LogP contribution in [0.2, 0.25) is 0 Å². The molecule has 2 N–H and O–H groups in total. The number of hydrogen-bond donors (Lipinski definition) is 2. The van der Waals surface area contributed by atoms with Crippen LogP contribution in [0.15, 0.2) is 34.7 Å². The molecule has 0 radical (unpaired) electrons. The molecule has 0 saturated heterocycles. The Balaban J connectivity index is 1.84. The zero-order valence-electron chi connectivity index (χ0n) is 13.7. The number of carbonyl (C=O) groups is 2. The van der Waals surface area contributed by atoms with Gasteiger partial charge in [0.15, 0.2) is 17.3 Å². The lowest BCUT2D eigenvalue weighted by atomic mass is 10.1. The van der Waals surface area contributed by atoms with Gasteiger partial charge in [-0.1, -0.05) is 43.2 Å². The van der Waals surface area contributed by atoms with Crippen LogP contribution in [0.25, 0.3) is 11.3 Å². The van der Waals surface area contributed by atoms with E-state index in [-0.39, 0.29) is 12.3 Å². The Hall–Kier alpha value is -2.63. The third-order valence-electron chi connectivity index (χ3n) is 3.59. The van der Waals surface area contributed by atoms with E-state index in [9.17, 15) is 9.59 Å². The molecule has 0 bridgehead atoms. The molecule has 6 nitrogen and oxygen atoms in total. The summed E-state index contributed by atoms with van der Waals surface area (Å²) in [5, 5.41) is 11.4. The average Bonchev–Trinajstić information content (AvgIpc) is 2.96. The average molecular weight is 330 g/mol. The number of aliphatic carboxylic acids is 1. The Morgan fingerprint density at radius 1 is 1.12 bits per heavy atom. The molecule has 1 aromatic heterocycles. The second-order valence-electron chi connectivity index (χ2n) is 5.59. The maximum atomic E-state index is 12.3. The van der Waals surface area contributed by atoms with E-state index in [0.29, 0.717) is 30.3 Å². The maximum absolute atomic E-state index is 12.3. The Morgan fingerprint density at radius 2 is 1.83 bits per heavy atom. The first-order chi connectivity index (χ1) is 11.6. The van der Waals surface area contributed by atoms with Crippen LogP contribution in [0.4, 0.5) is 0 Å². The summed E-state index contributed by atoms with van der Waals surface area (Å²) in [5.74, 6) is -0.0888. The zero-order chi connectivity index (χ0) is 17.4. The molecular weight excluding hydrogens is 308 g/mol. The quantitative estimate of drug-likeness (QED) is 0.687. The summed E-state index contributed by atoms with van der Waals surface area (Å²) < 4.78 is 5.58. The summed E-state index contributed by atoms with van der Waals surface area (Å²) in [4.78, 5) is 26.9. The predicted molar refractivity (Wildman–Crippen MR) is 89.7 cm³/mol. The van der Waals surface area contributed by atoms with Crippen molar-refractivity contribution in [3.8, 4) is 11.3 Å². The van der Waals surface area contributed by atoms with Gasteiger partial charge in [0.2, 0.25) is 0 Å². The maximum Gasteiger partial charge on any atom is 0.303 e. The van der Waals surface area contributed by atoms with Crippen molar-refractivity contribution in [1.29, 1.82) is 0 Å². The van der Waals surface area contributed by atoms with E-state index in [1.165, 1.54) is 0 Å². The van der Waals surface area contributed by atoms with Gasteiger partial charge >= 0.3 is 5.97 Å². The highest BCUT2D eigenvalue weighted by Crippen LogP contribution is 2.24. The topological polar surface area (TPSA) is 92.4 Å². The van der Waals surface area contributed by atoms with Crippen molar-refractivity contribution in [2.75, 3.05) is 6.54 Å². The van der Waals surface area contributed by atoms with E-state index < -0.39 is 5.97 Å². The number of nitrogens with one attached hydrogen (secondary N) is 1. The minimum absolute atomic E-state index is 0.199. The Labute approximate surface area is 140 Å². The number of oxazole rings is 1. The van der Waals surface area contributed by atoms with Crippen LogP contribution < -0.4 is 5.32 Å². The van der Waals surface area contributed by atoms with Gasteiger partial charge in [-0.05, 0) is 12.8 Å². The number of amides is 1. The van der Waals surface area contributed by atoms with E-state index in [1.54, 1.807) is 6.92 Å². The van der Waals surface area contributed by atoms with Gasteiger partial charge in [0.1, 0.15) is 0 Å². The van der Waals surface area contributed by atoms with Gasteiger partial charge in [-0.15, -0.1) is 0 Å². The number of carbonyl (C=O) groups excluding carboxylic acids is 1. The van der Waals surface area contributed by atoms with E-state index in [1.807, 2.05) is 30.3 Å². The van der Waals surface area contributed by atoms with Gasteiger partial charge in [0.25, 0.3) is 5.91 Å². The van der Waals surface area contributed by atoms with Gasteiger partial charge in [-0.2, -0.15) is 0 Å². The van der Waals surface area contributed by atoms with Gasteiger partial charge in [-0.25, -0.2) is 4.98 Å². The van der Waals surface area contributed by atoms with Crippen molar-refractivity contribution >= 4 is 11.9 Å². The Kier molecular flexibility index (Phi) is 6.54. The number of carboxylic acid groups (broad SMARTS) is 1. The smallest absolute Gasteiger partial charge is 0.303 e. The van der Waals surface area contributed by atoms with Crippen LogP contribution in [0.5, 0.6) is 0 Å². The molecule has 0 fully saturated rings. The largest absolute Gasteiger partial charge is 0.481 e. The second-order valence-corrected chi connectivity index (χ2v) is 5.59. The van der Waals surface area contributed by atoms with Crippen LogP contribution >= 0.6 is 0 Å². The highest BCUT2D eigenvalue weighted by atomic mass is 16.4. The molecule has 6 heteroatoms. The normalized spacial score (nSPS) is 10.5.